The molecule has 0 spiro atoms. The molecule has 0 aromatic rings. The van der Waals surface area contributed by atoms with Crippen molar-refractivity contribution < 1.29 is 4.79 Å². The summed E-state index contributed by atoms with van der Waals surface area (Å²) in [6.07, 6.45) is 0. The van der Waals surface area contributed by atoms with Crippen molar-refractivity contribution >= 4 is 23.1 Å². The summed E-state index contributed by atoms with van der Waals surface area (Å²) in [6.45, 7) is 8.14. The van der Waals surface area contributed by atoms with Crippen LogP contribution in [0.5, 0.6) is 0 Å². The topological polar surface area (TPSA) is 58.4 Å². The summed E-state index contributed by atoms with van der Waals surface area (Å²) >= 11 is 4.94. The second kappa shape index (κ2) is 4.45. The molecule has 0 aliphatic carbocycles. The van der Waals surface area contributed by atoms with E-state index in [2.05, 4.69) is 10.2 Å². The zero-order valence-corrected chi connectivity index (χ0v) is 10.4. The Kier molecular flexibility index (Phi) is 3.67. The smallest absolute Gasteiger partial charge is 0.239 e. The van der Waals surface area contributed by atoms with Crippen molar-refractivity contribution in [3.05, 3.63) is 0 Å². The molecule has 5 heteroatoms. The number of hydrogen-bond acceptors (Lipinski definition) is 3. The maximum atomic E-state index is 11.7. The molecule has 1 atom stereocenters. The highest BCUT2D eigenvalue weighted by atomic mass is 32.1. The van der Waals surface area contributed by atoms with Crippen molar-refractivity contribution in [3.63, 3.8) is 0 Å². The highest BCUT2D eigenvalue weighted by Crippen LogP contribution is 2.19. The Labute approximate surface area is 96.2 Å². The minimum Gasteiger partial charge on any atom is -0.393 e. The van der Waals surface area contributed by atoms with E-state index in [1.807, 2.05) is 20.8 Å². The summed E-state index contributed by atoms with van der Waals surface area (Å²) in [5, 5.41) is 2.86. The first-order valence-corrected chi connectivity index (χ1v) is 5.59. The molecule has 1 heterocycles. The number of piperazine rings is 1. The van der Waals surface area contributed by atoms with Gasteiger partial charge < -0.3 is 11.1 Å². The third-order valence-electron chi connectivity index (χ3n) is 2.99. The summed E-state index contributed by atoms with van der Waals surface area (Å²) in [5.41, 5.74) is 5.12. The van der Waals surface area contributed by atoms with E-state index in [4.69, 9.17) is 18.0 Å². The number of carbonyl (C=O) groups is 1. The average molecular weight is 229 g/mol. The van der Waals surface area contributed by atoms with E-state index in [-0.39, 0.29) is 11.8 Å². The van der Waals surface area contributed by atoms with Gasteiger partial charge >= 0.3 is 0 Å². The second-order valence-corrected chi connectivity index (χ2v) is 5.04. The van der Waals surface area contributed by atoms with Gasteiger partial charge in [0, 0.05) is 25.6 Å². The van der Waals surface area contributed by atoms with Crippen LogP contribution in [-0.2, 0) is 4.79 Å². The van der Waals surface area contributed by atoms with E-state index in [9.17, 15) is 4.79 Å². The fourth-order valence-corrected chi connectivity index (χ4v) is 1.76. The van der Waals surface area contributed by atoms with E-state index in [1.54, 1.807) is 0 Å². The summed E-state index contributed by atoms with van der Waals surface area (Å²) in [6, 6.07) is 0. The first-order chi connectivity index (χ1) is 6.85. The molecule has 86 valence electrons. The Bertz CT molecular complexity index is 278. The Balaban J connectivity index is 2.68. The van der Waals surface area contributed by atoms with Gasteiger partial charge in [-0.25, -0.2) is 0 Å². The molecule has 0 radical (unpaired) electrons. The van der Waals surface area contributed by atoms with Gasteiger partial charge in [0.15, 0.2) is 0 Å². The number of nitrogens with two attached hydrogens (primary N) is 1. The Morgan fingerprint density at radius 3 is 2.87 bits per heavy atom. The molecule has 1 rings (SSSR count). The van der Waals surface area contributed by atoms with Crippen LogP contribution in [0.4, 0.5) is 0 Å². The molecule has 1 unspecified atom stereocenters. The van der Waals surface area contributed by atoms with E-state index >= 15 is 0 Å². The van der Waals surface area contributed by atoms with Crippen LogP contribution in [0.25, 0.3) is 0 Å². The molecule has 0 aromatic heterocycles. The van der Waals surface area contributed by atoms with Gasteiger partial charge in [0.2, 0.25) is 5.91 Å². The third-order valence-corrected chi connectivity index (χ3v) is 3.40. The van der Waals surface area contributed by atoms with Crippen molar-refractivity contribution in [3.8, 4) is 0 Å². The van der Waals surface area contributed by atoms with Gasteiger partial charge in [-0.15, -0.1) is 0 Å². The van der Waals surface area contributed by atoms with Crippen molar-refractivity contribution in [1.82, 2.24) is 10.2 Å². The fraction of sp³-hybridized carbons (Fsp3) is 0.800. The number of nitrogens with one attached hydrogen (secondary N) is 1. The van der Waals surface area contributed by atoms with E-state index < -0.39 is 5.54 Å². The number of thiocarbonyl (C=S) groups is 1. The molecular weight excluding hydrogens is 210 g/mol. The van der Waals surface area contributed by atoms with E-state index in [0.717, 1.165) is 13.1 Å². The zero-order chi connectivity index (χ0) is 11.6. The third kappa shape index (κ3) is 2.66. The van der Waals surface area contributed by atoms with Gasteiger partial charge in [0.1, 0.15) is 0 Å². The van der Waals surface area contributed by atoms with Crippen LogP contribution in [0.2, 0.25) is 0 Å². The molecule has 1 amide bonds. The first-order valence-electron chi connectivity index (χ1n) is 5.18. The van der Waals surface area contributed by atoms with Crippen molar-refractivity contribution in [2.24, 2.45) is 11.7 Å². The molecule has 3 N–H and O–H groups in total. The summed E-state index contributed by atoms with van der Waals surface area (Å²) in [4.78, 5) is 14.3. The number of rotatable bonds is 3. The van der Waals surface area contributed by atoms with Crippen LogP contribution in [0.15, 0.2) is 0 Å². The molecule has 1 aliphatic rings. The highest BCUT2D eigenvalue weighted by Gasteiger charge is 2.37. The lowest BCUT2D eigenvalue weighted by atomic mass is 9.97. The van der Waals surface area contributed by atoms with Gasteiger partial charge in [0.05, 0.1) is 10.5 Å². The lowest BCUT2D eigenvalue weighted by molar-refractivity contribution is -0.135. The van der Waals surface area contributed by atoms with Crippen LogP contribution >= 0.6 is 12.2 Å². The minimum atomic E-state index is -0.461. The normalized spacial score (nSPS) is 23.3. The molecule has 1 aliphatic heterocycles. The number of amides is 1. The summed E-state index contributed by atoms with van der Waals surface area (Å²) in [5.74, 6) is 0.217. The highest BCUT2D eigenvalue weighted by molar-refractivity contribution is 7.80. The van der Waals surface area contributed by atoms with Gasteiger partial charge in [-0.05, 0) is 13.8 Å². The van der Waals surface area contributed by atoms with Crippen molar-refractivity contribution in [2.45, 2.75) is 26.3 Å². The largest absolute Gasteiger partial charge is 0.393 e. The zero-order valence-electron chi connectivity index (χ0n) is 9.54. The van der Waals surface area contributed by atoms with Crippen LogP contribution in [-0.4, -0.2) is 41.0 Å². The lowest BCUT2D eigenvalue weighted by Crippen LogP contribution is -2.62. The quantitative estimate of drug-likeness (QED) is 0.675. The lowest BCUT2D eigenvalue weighted by Gasteiger charge is -2.42. The average Bonchev–Trinajstić information content (AvgIpc) is 2.13. The molecule has 0 saturated carbocycles. The number of hydrogen-bond donors (Lipinski definition) is 2. The van der Waals surface area contributed by atoms with Gasteiger partial charge in [-0.1, -0.05) is 19.1 Å². The Morgan fingerprint density at radius 1 is 1.73 bits per heavy atom. The summed E-state index contributed by atoms with van der Waals surface area (Å²) < 4.78 is 0. The monoisotopic (exact) mass is 229 g/mol. The fourth-order valence-electron chi connectivity index (χ4n) is 1.68. The molecule has 1 fully saturated rings. The maximum absolute atomic E-state index is 11.7. The minimum absolute atomic E-state index is 0.0730. The van der Waals surface area contributed by atoms with Crippen LogP contribution in [0.1, 0.15) is 20.8 Å². The number of nitrogens with zero attached hydrogens (tertiary/aromatic N) is 1. The maximum Gasteiger partial charge on any atom is 0.239 e. The summed E-state index contributed by atoms with van der Waals surface area (Å²) in [7, 11) is 0. The molecule has 15 heavy (non-hydrogen) atoms. The van der Waals surface area contributed by atoms with Crippen LogP contribution < -0.4 is 11.1 Å². The Morgan fingerprint density at radius 2 is 2.33 bits per heavy atom. The predicted octanol–water partition coefficient (Wildman–Crippen LogP) is 0.119. The van der Waals surface area contributed by atoms with Crippen LogP contribution in [0, 0.1) is 5.92 Å². The second-order valence-electron chi connectivity index (χ2n) is 4.56. The van der Waals surface area contributed by atoms with Crippen molar-refractivity contribution in [1.29, 1.82) is 0 Å². The molecular formula is C10H19N3OS. The standard InChI is InChI=1S/C10H19N3OS/c1-7(8(11)15)6-13-5-4-12-9(14)10(13,2)3/h7H,4-6H2,1-3H3,(H2,11,15)(H,12,14). The molecule has 0 bridgehead atoms. The predicted molar refractivity (Wildman–Crippen MR) is 64.6 cm³/mol. The Hall–Kier alpha value is -0.680. The number of carbonyl (C=O) groups excluding carboxylic acids is 1. The first kappa shape index (κ1) is 12.4. The van der Waals surface area contributed by atoms with Crippen molar-refractivity contribution in [2.75, 3.05) is 19.6 Å². The van der Waals surface area contributed by atoms with Gasteiger partial charge in [-0.2, -0.15) is 0 Å². The van der Waals surface area contributed by atoms with Crippen LogP contribution in [0.3, 0.4) is 0 Å². The van der Waals surface area contributed by atoms with E-state index in [1.165, 1.54) is 0 Å². The SMILES string of the molecule is CC(CN1CCNC(=O)C1(C)C)C(N)=S. The van der Waals surface area contributed by atoms with E-state index in [0.29, 0.717) is 11.5 Å². The van der Waals surface area contributed by atoms with Gasteiger partial charge in [-0.3, -0.25) is 9.69 Å². The molecule has 1 saturated heterocycles. The molecule has 4 nitrogen and oxygen atoms in total. The molecule has 0 aromatic carbocycles. The van der Waals surface area contributed by atoms with Gasteiger partial charge in [0.25, 0.3) is 0 Å².